The Labute approximate surface area is 184 Å². The van der Waals surface area contributed by atoms with Gasteiger partial charge in [-0.1, -0.05) is 30.3 Å². The quantitative estimate of drug-likeness (QED) is 0.734. The lowest BCUT2D eigenvalue weighted by Crippen LogP contribution is -2.38. The van der Waals surface area contributed by atoms with Gasteiger partial charge in [0.15, 0.2) is 0 Å². The summed E-state index contributed by atoms with van der Waals surface area (Å²) >= 11 is 0. The minimum Gasteiger partial charge on any atom is -0.489 e. The standard InChI is InChI=1S/C25H32FN3O2/c1-19-17-28(18-21-6-2-3-7-24(21)31-19)15-12-25(30)27-16-23(29-13-4-5-14-29)20-8-10-22(26)11-9-20/h2-3,6-11,19,23H,4-5,12-18H2,1H3,(H,27,30). The zero-order valence-electron chi connectivity index (χ0n) is 18.2. The van der Waals surface area contributed by atoms with Gasteiger partial charge in [0.05, 0.1) is 6.04 Å². The van der Waals surface area contributed by atoms with E-state index in [0.717, 1.165) is 43.1 Å². The fourth-order valence-electron chi connectivity index (χ4n) is 4.60. The smallest absolute Gasteiger partial charge is 0.221 e. The van der Waals surface area contributed by atoms with Crippen LogP contribution in [0.25, 0.3) is 0 Å². The molecular formula is C25H32FN3O2. The van der Waals surface area contributed by atoms with E-state index in [-0.39, 0.29) is 23.9 Å². The zero-order chi connectivity index (χ0) is 21.6. The van der Waals surface area contributed by atoms with Crippen LogP contribution in [0, 0.1) is 5.82 Å². The zero-order valence-corrected chi connectivity index (χ0v) is 18.2. The number of rotatable bonds is 7. The molecule has 0 saturated carbocycles. The SMILES string of the molecule is CC1CN(CCC(=O)NCC(c2ccc(F)cc2)N2CCCC2)Cc2ccccc2O1. The highest BCUT2D eigenvalue weighted by Gasteiger charge is 2.24. The Balaban J connectivity index is 1.31. The van der Waals surface area contributed by atoms with Crippen LogP contribution in [0.1, 0.15) is 43.4 Å². The normalized spacial score (nSPS) is 20.5. The average molecular weight is 426 g/mol. The number of nitrogens with one attached hydrogen (secondary N) is 1. The van der Waals surface area contributed by atoms with Crippen LogP contribution >= 0.6 is 0 Å². The van der Waals surface area contributed by atoms with Crippen molar-refractivity contribution in [3.05, 3.63) is 65.5 Å². The van der Waals surface area contributed by atoms with Crippen molar-refractivity contribution in [1.82, 2.24) is 15.1 Å². The van der Waals surface area contributed by atoms with Gasteiger partial charge in [0.25, 0.3) is 0 Å². The lowest BCUT2D eigenvalue weighted by molar-refractivity contribution is -0.121. The van der Waals surface area contributed by atoms with E-state index in [9.17, 15) is 9.18 Å². The van der Waals surface area contributed by atoms with Crippen molar-refractivity contribution < 1.29 is 13.9 Å². The first-order valence-corrected chi connectivity index (χ1v) is 11.3. The number of carbonyl (C=O) groups is 1. The van der Waals surface area contributed by atoms with E-state index < -0.39 is 0 Å². The molecule has 6 heteroatoms. The summed E-state index contributed by atoms with van der Waals surface area (Å²) in [6, 6.07) is 14.9. The number of hydrogen-bond acceptors (Lipinski definition) is 4. The van der Waals surface area contributed by atoms with Crippen molar-refractivity contribution in [1.29, 1.82) is 0 Å². The molecule has 166 valence electrons. The molecule has 2 aromatic carbocycles. The number of amides is 1. The third-order valence-electron chi connectivity index (χ3n) is 6.19. The van der Waals surface area contributed by atoms with Gasteiger partial charge in [0, 0.05) is 38.2 Å². The second-order valence-corrected chi connectivity index (χ2v) is 8.64. The molecule has 2 aromatic rings. The number of para-hydroxylation sites is 1. The molecule has 1 saturated heterocycles. The van der Waals surface area contributed by atoms with Gasteiger partial charge in [-0.3, -0.25) is 14.6 Å². The maximum atomic E-state index is 13.4. The molecule has 1 amide bonds. The summed E-state index contributed by atoms with van der Waals surface area (Å²) in [5, 5.41) is 3.13. The molecule has 1 N–H and O–H groups in total. The summed E-state index contributed by atoms with van der Waals surface area (Å²) in [5.74, 6) is 0.761. The molecule has 0 bridgehead atoms. The maximum Gasteiger partial charge on any atom is 0.221 e. The van der Waals surface area contributed by atoms with Crippen LogP contribution in [-0.2, 0) is 11.3 Å². The molecular weight excluding hydrogens is 393 g/mol. The predicted molar refractivity (Wildman–Crippen MR) is 119 cm³/mol. The molecule has 31 heavy (non-hydrogen) atoms. The molecule has 2 heterocycles. The van der Waals surface area contributed by atoms with E-state index in [1.165, 1.54) is 25.0 Å². The van der Waals surface area contributed by atoms with Crippen molar-refractivity contribution in [3.8, 4) is 5.75 Å². The highest BCUT2D eigenvalue weighted by molar-refractivity contribution is 5.76. The van der Waals surface area contributed by atoms with E-state index in [0.29, 0.717) is 19.5 Å². The number of carbonyl (C=O) groups excluding carboxylic acids is 1. The fraction of sp³-hybridized carbons (Fsp3) is 0.480. The van der Waals surface area contributed by atoms with Crippen LogP contribution in [-0.4, -0.2) is 54.5 Å². The van der Waals surface area contributed by atoms with E-state index in [1.807, 2.05) is 30.3 Å². The van der Waals surface area contributed by atoms with Gasteiger partial charge in [-0.15, -0.1) is 0 Å². The number of likely N-dealkylation sites (tertiary alicyclic amines) is 1. The van der Waals surface area contributed by atoms with Gasteiger partial charge < -0.3 is 10.1 Å². The van der Waals surface area contributed by atoms with Crippen LogP contribution in [0.4, 0.5) is 4.39 Å². The van der Waals surface area contributed by atoms with Crippen LogP contribution < -0.4 is 10.1 Å². The summed E-state index contributed by atoms with van der Waals surface area (Å²) in [7, 11) is 0. The number of fused-ring (bicyclic) bond motifs is 1. The molecule has 0 spiro atoms. The van der Waals surface area contributed by atoms with E-state index in [2.05, 4.69) is 28.1 Å². The summed E-state index contributed by atoms with van der Waals surface area (Å²) < 4.78 is 19.4. The minimum atomic E-state index is -0.231. The average Bonchev–Trinajstić information content (AvgIpc) is 3.23. The Morgan fingerprint density at radius 1 is 1.16 bits per heavy atom. The maximum absolute atomic E-state index is 13.4. The highest BCUT2D eigenvalue weighted by atomic mass is 19.1. The number of hydrogen-bond donors (Lipinski definition) is 1. The predicted octanol–water partition coefficient (Wildman–Crippen LogP) is 3.75. The first-order valence-electron chi connectivity index (χ1n) is 11.3. The summed E-state index contributed by atoms with van der Waals surface area (Å²) in [5.41, 5.74) is 2.22. The molecule has 0 aliphatic carbocycles. The van der Waals surface area contributed by atoms with E-state index in [4.69, 9.17) is 4.74 Å². The Kier molecular flexibility index (Phi) is 7.20. The number of benzene rings is 2. The third-order valence-corrected chi connectivity index (χ3v) is 6.19. The Morgan fingerprint density at radius 3 is 2.68 bits per heavy atom. The fourth-order valence-corrected chi connectivity index (χ4v) is 4.60. The second kappa shape index (κ2) is 10.2. The Morgan fingerprint density at radius 2 is 1.90 bits per heavy atom. The molecule has 0 radical (unpaired) electrons. The Bertz CT molecular complexity index is 867. The largest absolute Gasteiger partial charge is 0.489 e. The van der Waals surface area contributed by atoms with Crippen molar-refractivity contribution in [2.75, 3.05) is 32.7 Å². The third kappa shape index (κ3) is 5.83. The number of ether oxygens (including phenoxy) is 1. The molecule has 0 aromatic heterocycles. The summed E-state index contributed by atoms with van der Waals surface area (Å²) in [4.78, 5) is 17.3. The van der Waals surface area contributed by atoms with Gasteiger partial charge in [-0.2, -0.15) is 0 Å². The van der Waals surface area contributed by atoms with Crippen LogP contribution in [0.5, 0.6) is 5.75 Å². The highest BCUT2D eigenvalue weighted by Crippen LogP contribution is 2.26. The van der Waals surface area contributed by atoms with Gasteiger partial charge in [0.1, 0.15) is 17.7 Å². The second-order valence-electron chi connectivity index (χ2n) is 8.64. The topological polar surface area (TPSA) is 44.8 Å². The van der Waals surface area contributed by atoms with Gasteiger partial charge in [0.2, 0.25) is 5.91 Å². The lowest BCUT2D eigenvalue weighted by atomic mass is 10.1. The molecule has 5 nitrogen and oxygen atoms in total. The van der Waals surface area contributed by atoms with Crippen LogP contribution in [0.3, 0.4) is 0 Å². The van der Waals surface area contributed by atoms with E-state index >= 15 is 0 Å². The number of nitrogens with zero attached hydrogens (tertiary/aromatic N) is 2. The van der Waals surface area contributed by atoms with Crippen LogP contribution in [0.15, 0.2) is 48.5 Å². The van der Waals surface area contributed by atoms with E-state index in [1.54, 1.807) is 0 Å². The monoisotopic (exact) mass is 425 g/mol. The van der Waals surface area contributed by atoms with Gasteiger partial charge in [-0.25, -0.2) is 4.39 Å². The molecule has 2 unspecified atom stereocenters. The summed E-state index contributed by atoms with van der Waals surface area (Å²) in [6.45, 7) is 6.93. The van der Waals surface area contributed by atoms with Gasteiger partial charge >= 0.3 is 0 Å². The molecule has 4 rings (SSSR count). The Hall–Kier alpha value is -2.44. The summed E-state index contributed by atoms with van der Waals surface area (Å²) in [6.07, 6.45) is 2.88. The first-order chi connectivity index (χ1) is 15.1. The van der Waals surface area contributed by atoms with Crippen molar-refractivity contribution in [2.45, 2.75) is 44.9 Å². The van der Waals surface area contributed by atoms with Crippen molar-refractivity contribution in [2.24, 2.45) is 0 Å². The molecule has 2 aliphatic heterocycles. The molecule has 1 fully saturated rings. The van der Waals surface area contributed by atoms with Crippen molar-refractivity contribution >= 4 is 5.91 Å². The molecule has 2 aliphatic rings. The van der Waals surface area contributed by atoms with Gasteiger partial charge in [-0.05, 0) is 56.6 Å². The molecule has 2 atom stereocenters. The lowest BCUT2D eigenvalue weighted by Gasteiger charge is -2.28. The van der Waals surface area contributed by atoms with Crippen LogP contribution in [0.2, 0.25) is 0 Å². The number of halogens is 1. The minimum absolute atomic E-state index is 0.0532. The first kappa shape index (κ1) is 21.8. The van der Waals surface area contributed by atoms with Crippen molar-refractivity contribution in [3.63, 3.8) is 0 Å².